The van der Waals surface area contributed by atoms with Crippen LogP contribution in [0.5, 0.6) is 5.75 Å². The van der Waals surface area contributed by atoms with Crippen LogP contribution in [0.2, 0.25) is 0 Å². The molecule has 0 bridgehead atoms. The van der Waals surface area contributed by atoms with Gasteiger partial charge in [0.05, 0.1) is 0 Å². The minimum Gasteiger partial charge on any atom is -0.488 e. The fourth-order valence-corrected chi connectivity index (χ4v) is 3.12. The zero-order valence-electron chi connectivity index (χ0n) is 12.6. The Hall–Kier alpha value is -1.61. The molecule has 0 spiro atoms. The van der Waals surface area contributed by atoms with Crippen LogP contribution in [-0.4, -0.2) is 11.6 Å². The highest BCUT2D eigenvalue weighted by molar-refractivity contribution is 8.05. The van der Waals surface area contributed by atoms with Crippen molar-refractivity contribution in [3.63, 3.8) is 0 Å². The van der Waals surface area contributed by atoms with Gasteiger partial charge in [-0.3, -0.25) is 0 Å². The predicted octanol–water partition coefficient (Wildman–Crippen LogP) is 5.59. The zero-order chi connectivity index (χ0) is 14.7. The van der Waals surface area contributed by atoms with Gasteiger partial charge in [0, 0.05) is 22.2 Å². The van der Waals surface area contributed by atoms with Crippen LogP contribution in [0.1, 0.15) is 38.3 Å². The molecule has 0 atom stereocenters. The maximum atomic E-state index is 5.94. The molecule has 0 unspecified atom stereocenters. The lowest BCUT2D eigenvalue weighted by atomic mass is 10.1. The molecule has 21 heavy (non-hydrogen) atoms. The van der Waals surface area contributed by atoms with Crippen molar-refractivity contribution in [2.75, 3.05) is 6.61 Å². The number of hydrogen-bond acceptors (Lipinski definition) is 2. The third-order valence-electron chi connectivity index (χ3n) is 3.64. The Morgan fingerprint density at radius 3 is 3.00 bits per heavy atom. The highest BCUT2D eigenvalue weighted by Crippen LogP contribution is 2.27. The number of thioether (sulfide) groups is 1. The molecule has 0 saturated heterocycles. The molecule has 0 aliphatic carbocycles. The molecule has 3 heteroatoms. The van der Waals surface area contributed by atoms with Crippen molar-refractivity contribution in [3.8, 4) is 5.75 Å². The summed E-state index contributed by atoms with van der Waals surface area (Å²) >= 11 is 1.76. The third-order valence-corrected chi connectivity index (χ3v) is 4.55. The molecule has 1 aliphatic heterocycles. The second kappa shape index (κ2) is 6.44. The molecule has 1 aliphatic rings. The van der Waals surface area contributed by atoms with Gasteiger partial charge in [0.2, 0.25) is 0 Å². The highest BCUT2D eigenvalue weighted by atomic mass is 32.2. The molecular weight excluding hydrogens is 278 g/mol. The first-order valence-electron chi connectivity index (χ1n) is 7.48. The van der Waals surface area contributed by atoms with Gasteiger partial charge in [0.1, 0.15) is 12.4 Å². The number of fused-ring (bicyclic) bond motifs is 1. The Morgan fingerprint density at radius 1 is 1.24 bits per heavy atom. The number of ether oxygens (including phenoxy) is 1. The van der Waals surface area contributed by atoms with Crippen LogP contribution in [0.4, 0.5) is 0 Å². The molecule has 110 valence electrons. The van der Waals surface area contributed by atoms with Gasteiger partial charge in [-0.25, -0.2) is 0 Å². The maximum Gasteiger partial charge on any atom is 0.121 e. The van der Waals surface area contributed by atoms with Crippen molar-refractivity contribution in [2.24, 2.45) is 0 Å². The first kappa shape index (κ1) is 14.3. The van der Waals surface area contributed by atoms with E-state index in [2.05, 4.69) is 60.7 Å². The van der Waals surface area contributed by atoms with E-state index in [9.17, 15) is 0 Å². The quantitative estimate of drug-likeness (QED) is 0.795. The molecule has 3 rings (SSSR count). The number of H-pyrrole nitrogens is 1. The third kappa shape index (κ3) is 3.53. The van der Waals surface area contributed by atoms with Gasteiger partial charge in [0.25, 0.3) is 0 Å². The lowest BCUT2D eigenvalue weighted by Gasteiger charge is -2.07. The Bertz CT molecular complexity index is 682. The van der Waals surface area contributed by atoms with Gasteiger partial charge >= 0.3 is 0 Å². The van der Waals surface area contributed by atoms with Crippen LogP contribution in [0.15, 0.2) is 46.7 Å². The maximum absolute atomic E-state index is 5.94. The number of rotatable bonds is 4. The van der Waals surface area contributed by atoms with Gasteiger partial charge in [-0.2, -0.15) is 0 Å². The number of benzene rings is 1. The fourth-order valence-electron chi connectivity index (χ4n) is 2.37. The molecule has 0 radical (unpaired) electrons. The van der Waals surface area contributed by atoms with E-state index in [0.717, 1.165) is 24.1 Å². The van der Waals surface area contributed by atoms with E-state index in [4.69, 9.17) is 4.74 Å². The number of aromatic nitrogens is 1. The summed E-state index contributed by atoms with van der Waals surface area (Å²) in [4.78, 5) is 4.76. The number of aromatic amines is 1. The summed E-state index contributed by atoms with van der Waals surface area (Å²) < 4.78 is 5.94. The van der Waals surface area contributed by atoms with Crippen molar-refractivity contribution < 1.29 is 4.74 Å². The predicted molar refractivity (Wildman–Crippen MR) is 91.9 cm³/mol. The summed E-state index contributed by atoms with van der Waals surface area (Å²) in [7, 11) is 0. The van der Waals surface area contributed by atoms with Crippen molar-refractivity contribution in [1.82, 2.24) is 4.98 Å². The molecule has 1 aromatic carbocycles. The molecule has 2 aromatic rings. The Balaban J connectivity index is 1.72. The largest absolute Gasteiger partial charge is 0.488 e. The Morgan fingerprint density at radius 2 is 2.14 bits per heavy atom. The molecule has 2 nitrogen and oxygen atoms in total. The van der Waals surface area contributed by atoms with Crippen molar-refractivity contribution in [2.45, 2.75) is 32.6 Å². The molecule has 0 fully saturated rings. The summed E-state index contributed by atoms with van der Waals surface area (Å²) in [5.41, 5.74) is 2.42. The lowest BCUT2D eigenvalue weighted by molar-refractivity contribution is 0.360. The molecular formula is C18H21NOS. The summed E-state index contributed by atoms with van der Waals surface area (Å²) in [6, 6.07) is 8.50. The molecule has 0 saturated carbocycles. The van der Waals surface area contributed by atoms with Crippen LogP contribution in [-0.2, 0) is 0 Å². The van der Waals surface area contributed by atoms with Crippen LogP contribution in [0.3, 0.4) is 0 Å². The minimum atomic E-state index is 0.515. The van der Waals surface area contributed by atoms with Crippen LogP contribution in [0.25, 0.3) is 10.9 Å². The topological polar surface area (TPSA) is 25.0 Å². The summed E-state index contributed by atoms with van der Waals surface area (Å²) in [5.74, 6) is 1.44. The van der Waals surface area contributed by atoms with E-state index in [0.29, 0.717) is 12.5 Å². The van der Waals surface area contributed by atoms with Gasteiger partial charge in [-0.1, -0.05) is 37.8 Å². The van der Waals surface area contributed by atoms with Gasteiger partial charge in [-0.05, 0) is 47.8 Å². The summed E-state index contributed by atoms with van der Waals surface area (Å²) in [6.07, 6.45) is 6.72. The van der Waals surface area contributed by atoms with Crippen LogP contribution >= 0.6 is 11.8 Å². The Labute approximate surface area is 130 Å². The standard InChI is InChI=1S/C18H21NOS/c1-13(2)17-10-14-7-8-15(11-18(14)19-17)20-12-16-6-4-3-5-9-21-16/h5-11,13,19H,3-4,12H2,1-2H3. The molecule has 2 heterocycles. The lowest BCUT2D eigenvalue weighted by Crippen LogP contribution is -1.98. The minimum absolute atomic E-state index is 0.515. The van der Waals surface area contributed by atoms with Gasteiger partial charge in [0.15, 0.2) is 0 Å². The van der Waals surface area contributed by atoms with Gasteiger partial charge in [-0.15, -0.1) is 0 Å². The smallest absolute Gasteiger partial charge is 0.121 e. The summed E-state index contributed by atoms with van der Waals surface area (Å²) in [6.45, 7) is 5.05. The summed E-state index contributed by atoms with van der Waals surface area (Å²) in [5, 5.41) is 3.41. The van der Waals surface area contributed by atoms with E-state index in [1.165, 1.54) is 16.0 Å². The van der Waals surface area contributed by atoms with Crippen LogP contribution in [0, 0.1) is 0 Å². The fraction of sp³-hybridized carbons (Fsp3) is 0.333. The van der Waals surface area contributed by atoms with E-state index >= 15 is 0 Å². The van der Waals surface area contributed by atoms with Crippen LogP contribution < -0.4 is 4.74 Å². The second-order valence-corrected chi connectivity index (χ2v) is 6.69. The molecule has 1 N–H and O–H groups in total. The average Bonchev–Trinajstić information content (AvgIpc) is 2.73. The molecule has 0 amide bonds. The number of allylic oxidation sites excluding steroid dienone is 2. The van der Waals surface area contributed by atoms with Gasteiger partial charge < -0.3 is 9.72 Å². The second-order valence-electron chi connectivity index (χ2n) is 5.65. The van der Waals surface area contributed by atoms with E-state index in [1.807, 2.05) is 0 Å². The van der Waals surface area contributed by atoms with E-state index in [-0.39, 0.29) is 0 Å². The monoisotopic (exact) mass is 299 g/mol. The SMILES string of the molecule is CC(C)c1cc2ccc(OCC3=CCCC=CS3)cc2[nH]1. The zero-order valence-corrected chi connectivity index (χ0v) is 13.4. The normalized spacial score (nSPS) is 15.3. The van der Waals surface area contributed by atoms with E-state index < -0.39 is 0 Å². The van der Waals surface area contributed by atoms with Crippen molar-refractivity contribution in [3.05, 3.63) is 52.4 Å². The highest BCUT2D eigenvalue weighted by Gasteiger charge is 2.06. The number of hydrogen-bond donors (Lipinski definition) is 1. The first-order valence-corrected chi connectivity index (χ1v) is 8.36. The molecule has 1 aromatic heterocycles. The van der Waals surface area contributed by atoms with E-state index in [1.54, 1.807) is 11.8 Å². The van der Waals surface area contributed by atoms with Crippen molar-refractivity contribution in [1.29, 1.82) is 0 Å². The van der Waals surface area contributed by atoms with Crippen molar-refractivity contribution >= 4 is 22.7 Å². The first-order chi connectivity index (χ1) is 10.2. The average molecular weight is 299 g/mol. The number of nitrogens with one attached hydrogen (secondary N) is 1. The Kier molecular flexibility index (Phi) is 4.39.